The largest absolute Gasteiger partial charge is 0.506 e. The van der Waals surface area contributed by atoms with Crippen molar-refractivity contribution >= 4 is 33.5 Å². The predicted molar refractivity (Wildman–Crippen MR) is 116 cm³/mol. The molecule has 0 saturated heterocycles. The van der Waals surface area contributed by atoms with E-state index in [4.69, 9.17) is 0 Å². The molecule has 0 aromatic heterocycles. The van der Waals surface area contributed by atoms with Crippen molar-refractivity contribution in [1.29, 1.82) is 0 Å². The number of rotatable bonds is 4. The van der Waals surface area contributed by atoms with Crippen LogP contribution in [0.5, 0.6) is 5.75 Å². The highest BCUT2D eigenvalue weighted by Gasteiger charge is 2.05. The minimum atomic E-state index is 0.103. The van der Waals surface area contributed by atoms with Crippen LogP contribution in [0.1, 0.15) is 11.1 Å². The molecule has 0 saturated carbocycles. The van der Waals surface area contributed by atoms with Crippen molar-refractivity contribution in [2.45, 2.75) is 13.8 Å². The quantitative estimate of drug-likeness (QED) is 0.358. The van der Waals surface area contributed by atoms with Gasteiger partial charge in [-0.2, -0.15) is 15.3 Å². The zero-order valence-corrected chi connectivity index (χ0v) is 16.2. The molecule has 5 nitrogen and oxygen atoms in total. The molecule has 4 aromatic rings. The lowest BCUT2D eigenvalue weighted by Gasteiger charge is -2.03. The van der Waals surface area contributed by atoms with Crippen LogP contribution in [0.4, 0.5) is 22.7 Å². The molecule has 4 rings (SSSR count). The topological polar surface area (TPSA) is 69.7 Å². The van der Waals surface area contributed by atoms with Gasteiger partial charge >= 0.3 is 0 Å². The molecule has 0 radical (unpaired) electrons. The Bertz CT molecular complexity index is 1230. The van der Waals surface area contributed by atoms with Crippen molar-refractivity contribution in [3.8, 4) is 5.75 Å². The monoisotopic (exact) mass is 380 g/mol. The first-order valence-electron chi connectivity index (χ1n) is 9.32. The Morgan fingerprint density at radius 3 is 2.07 bits per heavy atom. The number of azo groups is 2. The number of phenolic OH excluding ortho intramolecular Hbond substituents is 1. The van der Waals surface area contributed by atoms with Gasteiger partial charge in [-0.1, -0.05) is 42.5 Å². The number of phenols is 1. The Kier molecular flexibility index (Phi) is 5.12. The summed E-state index contributed by atoms with van der Waals surface area (Å²) in [5, 5.41) is 29.2. The zero-order valence-electron chi connectivity index (χ0n) is 16.2. The fraction of sp³-hybridized carbons (Fsp3) is 0.0833. The third kappa shape index (κ3) is 4.04. The SMILES string of the molecule is Cc1cccc(N=Nc2ccc(N=Nc3c(O)ccc4ccccc34)cc2)c1C. The van der Waals surface area contributed by atoms with Gasteiger partial charge in [-0.25, -0.2) is 0 Å². The Balaban J connectivity index is 1.55. The molecule has 29 heavy (non-hydrogen) atoms. The lowest BCUT2D eigenvalue weighted by Crippen LogP contribution is -1.79. The summed E-state index contributed by atoms with van der Waals surface area (Å²) in [4.78, 5) is 0. The molecule has 0 fully saturated rings. The summed E-state index contributed by atoms with van der Waals surface area (Å²) in [6.07, 6.45) is 0. The standard InChI is InChI=1S/C24H20N4O/c1-16-6-5-9-22(17(16)2)27-25-19-11-13-20(14-12-19)26-28-24-21-8-4-3-7-18(21)10-15-23(24)29/h3-15,29H,1-2H3. The Hall–Kier alpha value is -3.86. The van der Waals surface area contributed by atoms with E-state index >= 15 is 0 Å². The van der Waals surface area contributed by atoms with Crippen LogP contribution in [-0.2, 0) is 0 Å². The van der Waals surface area contributed by atoms with Crippen LogP contribution in [0.3, 0.4) is 0 Å². The molecule has 0 heterocycles. The van der Waals surface area contributed by atoms with Crippen molar-refractivity contribution in [2.75, 3.05) is 0 Å². The summed E-state index contributed by atoms with van der Waals surface area (Å²) >= 11 is 0. The highest BCUT2D eigenvalue weighted by Crippen LogP contribution is 2.36. The van der Waals surface area contributed by atoms with Crippen LogP contribution >= 0.6 is 0 Å². The fourth-order valence-electron chi connectivity index (χ4n) is 3.00. The summed E-state index contributed by atoms with van der Waals surface area (Å²) in [5.41, 5.74) is 5.04. The maximum absolute atomic E-state index is 10.2. The van der Waals surface area contributed by atoms with Crippen LogP contribution < -0.4 is 0 Å². The second-order valence-electron chi connectivity index (χ2n) is 6.79. The fourth-order valence-corrected chi connectivity index (χ4v) is 3.00. The van der Waals surface area contributed by atoms with Gasteiger partial charge in [0.05, 0.1) is 17.1 Å². The number of aromatic hydroxyl groups is 1. The summed E-state index contributed by atoms with van der Waals surface area (Å²) in [5.74, 6) is 0.103. The van der Waals surface area contributed by atoms with E-state index in [9.17, 15) is 5.11 Å². The van der Waals surface area contributed by atoms with Gasteiger partial charge in [0.1, 0.15) is 11.4 Å². The summed E-state index contributed by atoms with van der Waals surface area (Å²) in [7, 11) is 0. The van der Waals surface area contributed by atoms with Crippen molar-refractivity contribution in [1.82, 2.24) is 0 Å². The Labute approximate surface area is 169 Å². The third-order valence-electron chi connectivity index (χ3n) is 4.84. The minimum Gasteiger partial charge on any atom is -0.506 e. The normalized spacial score (nSPS) is 11.7. The number of benzene rings is 4. The lowest BCUT2D eigenvalue weighted by molar-refractivity contribution is 0.477. The molecule has 0 spiro atoms. The number of hydrogen-bond acceptors (Lipinski definition) is 5. The van der Waals surface area contributed by atoms with Crippen LogP contribution in [0.15, 0.2) is 99.3 Å². The summed E-state index contributed by atoms with van der Waals surface area (Å²) in [6.45, 7) is 4.10. The highest BCUT2D eigenvalue weighted by atomic mass is 16.3. The van der Waals surface area contributed by atoms with Crippen molar-refractivity contribution in [3.05, 3.63) is 90.0 Å². The molecule has 0 atom stereocenters. The minimum absolute atomic E-state index is 0.103. The van der Waals surface area contributed by atoms with Crippen molar-refractivity contribution < 1.29 is 5.11 Å². The number of aryl methyl sites for hydroxylation is 1. The molecule has 1 N–H and O–H groups in total. The van der Waals surface area contributed by atoms with E-state index in [-0.39, 0.29) is 5.75 Å². The van der Waals surface area contributed by atoms with E-state index in [1.165, 1.54) is 5.56 Å². The van der Waals surface area contributed by atoms with Crippen LogP contribution in [-0.4, -0.2) is 5.11 Å². The van der Waals surface area contributed by atoms with Gasteiger partial charge in [-0.05, 0) is 66.8 Å². The predicted octanol–water partition coefficient (Wildman–Crippen LogP) is 7.99. The smallest absolute Gasteiger partial charge is 0.143 e. The molecule has 0 aliphatic rings. The van der Waals surface area contributed by atoms with Crippen molar-refractivity contribution in [2.24, 2.45) is 20.5 Å². The molecule has 0 aliphatic carbocycles. The summed E-state index contributed by atoms with van der Waals surface area (Å²) in [6, 6.07) is 24.6. The van der Waals surface area contributed by atoms with Crippen LogP contribution in [0, 0.1) is 13.8 Å². The average Bonchev–Trinajstić information content (AvgIpc) is 2.75. The third-order valence-corrected chi connectivity index (χ3v) is 4.84. The number of hydrogen-bond donors (Lipinski definition) is 1. The number of fused-ring (bicyclic) bond motifs is 1. The van der Waals surface area contributed by atoms with E-state index in [1.54, 1.807) is 6.07 Å². The van der Waals surface area contributed by atoms with Gasteiger partial charge in [0.25, 0.3) is 0 Å². The van der Waals surface area contributed by atoms with E-state index < -0.39 is 0 Å². The van der Waals surface area contributed by atoms with Gasteiger partial charge in [0, 0.05) is 5.39 Å². The zero-order chi connectivity index (χ0) is 20.2. The lowest BCUT2D eigenvalue weighted by atomic mass is 10.1. The first-order valence-corrected chi connectivity index (χ1v) is 9.32. The Morgan fingerprint density at radius 1 is 0.621 bits per heavy atom. The Morgan fingerprint density at radius 2 is 1.31 bits per heavy atom. The average molecular weight is 380 g/mol. The summed E-state index contributed by atoms with van der Waals surface area (Å²) < 4.78 is 0. The van der Waals surface area contributed by atoms with E-state index in [2.05, 4.69) is 33.4 Å². The molecular formula is C24H20N4O. The van der Waals surface area contributed by atoms with Gasteiger partial charge in [0.2, 0.25) is 0 Å². The second-order valence-corrected chi connectivity index (χ2v) is 6.79. The van der Waals surface area contributed by atoms with Gasteiger partial charge in [-0.3, -0.25) is 0 Å². The molecule has 0 amide bonds. The van der Waals surface area contributed by atoms with Crippen LogP contribution in [0.2, 0.25) is 0 Å². The highest BCUT2D eigenvalue weighted by molar-refractivity contribution is 5.95. The second kappa shape index (κ2) is 8.02. The van der Waals surface area contributed by atoms with E-state index in [1.807, 2.05) is 73.7 Å². The number of nitrogens with zero attached hydrogens (tertiary/aromatic N) is 4. The molecule has 0 aliphatic heterocycles. The van der Waals surface area contributed by atoms with Gasteiger partial charge in [-0.15, -0.1) is 5.11 Å². The van der Waals surface area contributed by atoms with Crippen molar-refractivity contribution in [3.63, 3.8) is 0 Å². The molecule has 0 unspecified atom stereocenters. The van der Waals surface area contributed by atoms with Gasteiger partial charge < -0.3 is 5.11 Å². The van der Waals surface area contributed by atoms with E-state index in [0.717, 1.165) is 27.7 Å². The van der Waals surface area contributed by atoms with E-state index in [0.29, 0.717) is 11.4 Å². The molecule has 5 heteroatoms. The first-order chi connectivity index (χ1) is 14.1. The molecule has 142 valence electrons. The van der Waals surface area contributed by atoms with Gasteiger partial charge in [0.15, 0.2) is 0 Å². The van der Waals surface area contributed by atoms with Crippen LogP contribution in [0.25, 0.3) is 10.8 Å². The maximum Gasteiger partial charge on any atom is 0.143 e. The first kappa shape index (κ1) is 18.5. The maximum atomic E-state index is 10.2. The molecule has 4 aromatic carbocycles. The molecule has 0 bridgehead atoms. The molecular weight excluding hydrogens is 360 g/mol.